The third kappa shape index (κ3) is 6.82. The highest BCUT2D eigenvalue weighted by Crippen LogP contribution is 2.35. The Balaban J connectivity index is 1.87. The number of carbonyl (C=O) groups excluding carboxylic acids is 1. The van der Waals surface area contributed by atoms with E-state index in [1.54, 1.807) is 42.5 Å². The molecule has 33 heavy (non-hydrogen) atoms. The SMILES string of the molecule is CCOc1cc(/C=C(/NC(=O)c2ccccc2)C(=O)O)cc(I)c1OCc1cccc(C)c1. The maximum absolute atomic E-state index is 12.4. The molecule has 170 valence electrons. The highest BCUT2D eigenvalue weighted by atomic mass is 127. The molecule has 0 aliphatic rings. The number of hydrogen-bond donors (Lipinski definition) is 2. The molecule has 1 amide bonds. The van der Waals surface area contributed by atoms with Crippen molar-refractivity contribution < 1.29 is 24.2 Å². The number of carboxylic acids is 1. The van der Waals surface area contributed by atoms with Crippen molar-refractivity contribution in [3.63, 3.8) is 0 Å². The third-order valence-electron chi connectivity index (χ3n) is 4.62. The van der Waals surface area contributed by atoms with Crippen molar-refractivity contribution in [3.05, 3.63) is 98.3 Å². The van der Waals surface area contributed by atoms with Crippen molar-refractivity contribution in [1.29, 1.82) is 0 Å². The highest BCUT2D eigenvalue weighted by molar-refractivity contribution is 14.1. The van der Waals surface area contributed by atoms with Crippen LogP contribution in [0, 0.1) is 10.5 Å². The van der Waals surface area contributed by atoms with Gasteiger partial charge in [0.05, 0.1) is 10.2 Å². The van der Waals surface area contributed by atoms with Crippen LogP contribution in [0.2, 0.25) is 0 Å². The van der Waals surface area contributed by atoms with Gasteiger partial charge in [0, 0.05) is 5.56 Å². The van der Waals surface area contributed by atoms with E-state index in [0.717, 1.165) is 14.7 Å². The smallest absolute Gasteiger partial charge is 0.352 e. The van der Waals surface area contributed by atoms with E-state index in [1.165, 1.54) is 6.08 Å². The van der Waals surface area contributed by atoms with E-state index in [1.807, 2.05) is 32.0 Å². The Labute approximate surface area is 206 Å². The molecule has 0 aromatic heterocycles. The predicted octanol–water partition coefficient (Wildman–Crippen LogP) is 5.43. The first-order valence-electron chi connectivity index (χ1n) is 10.3. The number of nitrogens with one attached hydrogen (secondary N) is 1. The normalized spacial score (nSPS) is 11.1. The number of aryl methyl sites for hydroxylation is 1. The summed E-state index contributed by atoms with van der Waals surface area (Å²) >= 11 is 2.13. The van der Waals surface area contributed by atoms with Crippen molar-refractivity contribution in [2.45, 2.75) is 20.5 Å². The second-order valence-electron chi connectivity index (χ2n) is 7.22. The van der Waals surface area contributed by atoms with Crippen LogP contribution in [0.15, 0.2) is 72.4 Å². The van der Waals surface area contributed by atoms with Crippen LogP contribution in [0.4, 0.5) is 0 Å². The zero-order chi connectivity index (χ0) is 23.8. The molecule has 7 heteroatoms. The number of halogens is 1. The second kappa shape index (κ2) is 11.5. The average Bonchev–Trinajstić information content (AvgIpc) is 2.79. The largest absolute Gasteiger partial charge is 0.490 e. The monoisotopic (exact) mass is 557 g/mol. The molecule has 3 aromatic carbocycles. The van der Waals surface area contributed by atoms with Gasteiger partial charge in [-0.05, 0) is 77.9 Å². The molecule has 0 saturated heterocycles. The lowest BCUT2D eigenvalue weighted by Crippen LogP contribution is -2.27. The van der Waals surface area contributed by atoms with Crippen molar-refractivity contribution in [2.75, 3.05) is 6.61 Å². The molecule has 0 atom stereocenters. The number of benzene rings is 3. The van der Waals surface area contributed by atoms with Crippen molar-refractivity contribution in [1.82, 2.24) is 5.32 Å². The molecule has 0 heterocycles. The van der Waals surface area contributed by atoms with Gasteiger partial charge in [-0.3, -0.25) is 4.79 Å². The number of aliphatic carboxylic acids is 1. The quantitative estimate of drug-likeness (QED) is 0.271. The first kappa shape index (κ1) is 24.3. The lowest BCUT2D eigenvalue weighted by molar-refractivity contribution is -0.132. The van der Waals surface area contributed by atoms with Gasteiger partial charge in [-0.15, -0.1) is 0 Å². The Bertz CT molecular complexity index is 1170. The summed E-state index contributed by atoms with van der Waals surface area (Å²) in [5, 5.41) is 12.1. The Kier molecular flexibility index (Phi) is 8.48. The van der Waals surface area contributed by atoms with E-state index >= 15 is 0 Å². The number of ether oxygens (including phenoxy) is 2. The number of carboxylic acid groups (broad SMARTS) is 1. The minimum atomic E-state index is -1.24. The molecule has 0 aliphatic carbocycles. The molecule has 0 saturated carbocycles. The van der Waals surface area contributed by atoms with E-state index in [0.29, 0.717) is 35.8 Å². The summed E-state index contributed by atoms with van der Waals surface area (Å²) in [4.78, 5) is 24.2. The molecule has 6 nitrogen and oxygen atoms in total. The summed E-state index contributed by atoms with van der Waals surface area (Å²) in [6.45, 7) is 4.68. The van der Waals surface area contributed by atoms with Gasteiger partial charge in [0.15, 0.2) is 11.5 Å². The van der Waals surface area contributed by atoms with E-state index in [2.05, 4.69) is 34.0 Å². The summed E-state index contributed by atoms with van der Waals surface area (Å²) in [6.07, 6.45) is 1.40. The van der Waals surface area contributed by atoms with E-state index in [4.69, 9.17) is 9.47 Å². The van der Waals surface area contributed by atoms with E-state index < -0.39 is 11.9 Å². The Morgan fingerprint density at radius 2 is 1.79 bits per heavy atom. The molecule has 0 unspecified atom stereocenters. The lowest BCUT2D eigenvalue weighted by atomic mass is 10.1. The first-order chi connectivity index (χ1) is 15.9. The molecule has 0 aliphatic heterocycles. The summed E-state index contributed by atoms with van der Waals surface area (Å²) < 4.78 is 12.6. The molecule has 0 fully saturated rings. The van der Waals surface area contributed by atoms with Gasteiger partial charge in [-0.2, -0.15) is 0 Å². The van der Waals surface area contributed by atoms with Gasteiger partial charge in [0.1, 0.15) is 12.3 Å². The van der Waals surface area contributed by atoms with Crippen molar-refractivity contribution in [3.8, 4) is 11.5 Å². The summed E-state index contributed by atoms with van der Waals surface area (Å²) in [7, 11) is 0. The van der Waals surface area contributed by atoms with Gasteiger partial charge in [-0.1, -0.05) is 48.0 Å². The van der Waals surface area contributed by atoms with Crippen molar-refractivity contribution >= 4 is 40.5 Å². The minimum Gasteiger partial charge on any atom is -0.490 e. The fraction of sp³-hybridized carbons (Fsp3) is 0.154. The van der Waals surface area contributed by atoms with Crippen LogP contribution in [0.1, 0.15) is 34.0 Å². The number of carbonyl (C=O) groups is 2. The maximum Gasteiger partial charge on any atom is 0.352 e. The predicted molar refractivity (Wildman–Crippen MR) is 135 cm³/mol. The summed E-state index contributed by atoms with van der Waals surface area (Å²) in [5.41, 5.74) is 2.88. The zero-order valence-electron chi connectivity index (χ0n) is 18.3. The molecular formula is C26H24INO5. The Morgan fingerprint density at radius 1 is 1.03 bits per heavy atom. The van der Waals surface area contributed by atoms with Crippen LogP contribution in [0.3, 0.4) is 0 Å². The lowest BCUT2D eigenvalue weighted by Gasteiger charge is -2.15. The molecule has 0 spiro atoms. The zero-order valence-corrected chi connectivity index (χ0v) is 20.5. The van der Waals surface area contributed by atoms with Gasteiger partial charge < -0.3 is 19.9 Å². The van der Waals surface area contributed by atoms with Crippen LogP contribution in [-0.2, 0) is 11.4 Å². The summed E-state index contributed by atoms with van der Waals surface area (Å²) in [6, 6.07) is 20.0. The minimum absolute atomic E-state index is 0.240. The molecule has 2 N–H and O–H groups in total. The van der Waals surface area contributed by atoms with Gasteiger partial charge >= 0.3 is 5.97 Å². The number of hydrogen-bond acceptors (Lipinski definition) is 4. The third-order valence-corrected chi connectivity index (χ3v) is 5.42. The average molecular weight is 557 g/mol. The topological polar surface area (TPSA) is 84.9 Å². The van der Waals surface area contributed by atoms with E-state index in [9.17, 15) is 14.7 Å². The number of rotatable bonds is 9. The molecule has 3 rings (SSSR count). The molecule has 0 bridgehead atoms. The fourth-order valence-electron chi connectivity index (χ4n) is 3.13. The summed E-state index contributed by atoms with van der Waals surface area (Å²) in [5.74, 6) is -0.655. The van der Waals surface area contributed by atoms with Gasteiger partial charge in [-0.25, -0.2) is 4.79 Å². The fourth-order valence-corrected chi connectivity index (χ4v) is 3.91. The van der Waals surface area contributed by atoms with E-state index in [-0.39, 0.29) is 5.70 Å². The standard InChI is InChI=1S/C26H24INO5/c1-3-32-23-15-19(13-21(27)24(23)33-16-18-9-7-8-17(2)12-18)14-22(26(30)31)28-25(29)20-10-5-4-6-11-20/h4-15H,3,16H2,1-2H3,(H,28,29)(H,30,31)/b22-14+. The van der Waals surface area contributed by atoms with Crippen LogP contribution < -0.4 is 14.8 Å². The second-order valence-corrected chi connectivity index (χ2v) is 8.39. The maximum atomic E-state index is 12.4. The molecule has 3 aromatic rings. The van der Waals surface area contributed by atoms with Crippen LogP contribution in [0.25, 0.3) is 6.08 Å². The first-order valence-corrected chi connectivity index (χ1v) is 11.4. The van der Waals surface area contributed by atoms with Gasteiger partial charge in [0.2, 0.25) is 0 Å². The highest BCUT2D eigenvalue weighted by Gasteiger charge is 2.16. The Hall–Kier alpha value is -3.33. The van der Waals surface area contributed by atoms with Crippen LogP contribution >= 0.6 is 22.6 Å². The Morgan fingerprint density at radius 3 is 2.45 bits per heavy atom. The molecular weight excluding hydrogens is 533 g/mol. The van der Waals surface area contributed by atoms with Crippen LogP contribution in [-0.4, -0.2) is 23.6 Å². The van der Waals surface area contributed by atoms with Gasteiger partial charge in [0.25, 0.3) is 5.91 Å². The van der Waals surface area contributed by atoms with Crippen LogP contribution in [0.5, 0.6) is 11.5 Å². The van der Waals surface area contributed by atoms with Crippen molar-refractivity contribution in [2.24, 2.45) is 0 Å². The molecule has 0 radical (unpaired) electrons. The number of amides is 1.